The quantitative estimate of drug-likeness (QED) is 0.467. The maximum absolute atomic E-state index is 11.3. The second-order valence-corrected chi connectivity index (χ2v) is 7.04. The van der Waals surface area contributed by atoms with Gasteiger partial charge < -0.3 is 13.7 Å². The molecule has 4 aromatic rings. The lowest BCUT2D eigenvalue weighted by molar-refractivity contribution is 0.542. The average Bonchev–Trinajstić information content (AvgIpc) is 3.22. The summed E-state index contributed by atoms with van der Waals surface area (Å²) in [6, 6.07) is 21.9. The van der Waals surface area contributed by atoms with E-state index in [0.717, 1.165) is 39.0 Å². The van der Waals surface area contributed by atoms with Gasteiger partial charge in [0.25, 0.3) is 0 Å². The predicted molar refractivity (Wildman–Crippen MR) is 102 cm³/mol. The summed E-state index contributed by atoms with van der Waals surface area (Å²) in [7, 11) is 0. The Balaban J connectivity index is 1.73. The monoisotopic (exact) mass is 360 g/mol. The van der Waals surface area contributed by atoms with Crippen LogP contribution in [0.25, 0.3) is 33.4 Å². The minimum atomic E-state index is -2.38. The van der Waals surface area contributed by atoms with Crippen molar-refractivity contribution in [2.75, 3.05) is 4.72 Å². The Morgan fingerprint density at radius 2 is 1.77 bits per heavy atom. The van der Waals surface area contributed by atoms with Gasteiger partial charge in [0.1, 0.15) is 11.3 Å². The van der Waals surface area contributed by atoms with Gasteiger partial charge in [-0.1, -0.05) is 42.5 Å². The maximum Gasteiger partial charge on any atom is 0.135 e. The number of fused-ring (bicyclic) bond motifs is 4. The van der Waals surface area contributed by atoms with Crippen molar-refractivity contribution in [3.8, 4) is 22.5 Å². The molecule has 0 spiro atoms. The summed E-state index contributed by atoms with van der Waals surface area (Å²) in [6.07, 6.45) is 0.714. The lowest BCUT2D eigenvalue weighted by atomic mass is 10.00. The summed E-state index contributed by atoms with van der Waals surface area (Å²) >= 11 is -2.38. The Morgan fingerprint density at radius 1 is 0.962 bits per heavy atom. The molecule has 0 amide bonds. The highest BCUT2D eigenvalue weighted by Gasteiger charge is 2.23. The van der Waals surface area contributed by atoms with E-state index in [-0.39, 0.29) is 0 Å². The first-order chi connectivity index (χ1) is 12.7. The number of rotatable bonds is 3. The van der Waals surface area contributed by atoms with Gasteiger partial charge in [0.15, 0.2) is 0 Å². The number of para-hydroxylation sites is 1. The molecule has 0 radical (unpaired) electrons. The molecule has 5 heteroatoms. The fraction of sp³-hybridized carbons (Fsp3) is 0.0476. The first-order valence-electron chi connectivity index (χ1n) is 8.29. The number of hydrogen-bond acceptors (Lipinski definition) is 3. The summed E-state index contributed by atoms with van der Waals surface area (Å²) in [5.41, 5.74) is 6.64. The maximum atomic E-state index is 11.3. The molecular weight excluding hydrogens is 346 g/mol. The smallest absolute Gasteiger partial charge is 0.135 e. The molecule has 1 unspecified atom stereocenters. The largest absolute Gasteiger partial charge is 0.755 e. The lowest BCUT2D eigenvalue weighted by Gasteiger charge is -2.15. The van der Waals surface area contributed by atoms with Gasteiger partial charge in [-0.25, -0.2) is 0 Å². The van der Waals surface area contributed by atoms with E-state index in [9.17, 15) is 8.76 Å². The SMILES string of the molecule is O=S([O-])Nc1cc(-c2cc3ccccc3o2)cc2c1Cc1ccccc1-2. The van der Waals surface area contributed by atoms with Gasteiger partial charge >= 0.3 is 0 Å². The lowest BCUT2D eigenvalue weighted by Crippen LogP contribution is -2.05. The van der Waals surface area contributed by atoms with Gasteiger partial charge in [0, 0.05) is 28.6 Å². The molecule has 1 N–H and O–H groups in total. The summed E-state index contributed by atoms with van der Waals surface area (Å²) in [6.45, 7) is 0. The van der Waals surface area contributed by atoms with E-state index in [4.69, 9.17) is 4.42 Å². The van der Waals surface area contributed by atoms with Crippen molar-refractivity contribution in [3.05, 3.63) is 77.9 Å². The molecule has 0 saturated carbocycles. The van der Waals surface area contributed by atoms with Crippen LogP contribution >= 0.6 is 0 Å². The molecule has 1 aliphatic rings. The van der Waals surface area contributed by atoms with Crippen molar-refractivity contribution < 1.29 is 13.2 Å². The molecule has 0 fully saturated rings. The molecule has 3 aromatic carbocycles. The van der Waals surface area contributed by atoms with E-state index in [1.54, 1.807) is 0 Å². The highest BCUT2D eigenvalue weighted by atomic mass is 32.2. The molecule has 5 rings (SSSR count). The van der Waals surface area contributed by atoms with Gasteiger partial charge in [-0.05, 0) is 46.5 Å². The van der Waals surface area contributed by atoms with E-state index < -0.39 is 11.3 Å². The van der Waals surface area contributed by atoms with Crippen LogP contribution in [0.5, 0.6) is 0 Å². The van der Waals surface area contributed by atoms with Crippen LogP contribution in [0, 0.1) is 0 Å². The molecule has 26 heavy (non-hydrogen) atoms. The number of nitrogens with one attached hydrogen (secondary N) is 1. The fourth-order valence-corrected chi connectivity index (χ4v) is 4.04. The van der Waals surface area contributed by atoms with E-state index in [0.29, 0.717) is 12.1 Å². The van der Waals surface area contributed by atoms with Crippen molar-refractivity contribution in [1.82, 2.24) is 0 Å². The number of hydrogen-bond donors (Lipinski definition) is 1. The average molecular weight is 360 g/mol. The van der Waals surface area contributed by atoms with Crippen LogP contribution in [-0.2, 0) is 17.7 Å². The van der Waals surface area contributed by atoms with Crippen molar-refractivity contribution in [1.29, 1.82) is 0 Å². The van der Waals surface area contributed by atoms with E-state index in [1.807, 2.05) is 48.5 Å². The molecule has 0 aliphatic heterocycles. The zero-order valence-electron chi connectivity index (χ0n) is 13.7. The summed E-state index contributed by atoms with van der Waals surface area (Å²) < 4.78 is 31.1. The molecule has 1 heterocycles. The normalized spacial score (nSPS) is 13.4. The Labute approximate surface area is 152 Å². The van der Waals surface area contributed by atoms with Crippen LogP contribution in [0.15, 0.2) is 71.1 Å². The second-order valence-electron chi connectivity index (χ2n) is 6.37. The summed E-state index contributed by atoms with van der Waals surface area (Å²) in [5.74, 6) is 0.720. The molecule has 128 valence electrons. The Hall–Kier alpha value is -2.89. The number of furan rings is 1. The van der Waals surface area contributed by atoms with Gasteiger partial charge in [0.05, 0.1) is 5.69 Å². The Morgan fingerprint density at radius 3 is 2.62 bits per heavy atom. The molecule has 4 nitrogen and oxygen atoms in total. The highest BCUT2D eigenvalue weighted by molar-refractivity contribution is 7.80. The van der Waals surface area contributed by atoms with Crippen molar-refractivity contribution in [2.45, 2.75) is 6.42 Å². The molecular formula is C21H14NO3S-. The first kappa shape index (κ1) is 15.4. The molecule has 1 aromatic heterocycles. The summed E-state index contributed by atoms with van der Waals surface area (Å²) in [5, 5.41) is 1.02. The van der Waals surface area contributed by atoms with Crippen LogP contribution in [-0.4, -0.2) is 8.76 Å². The highest BCUT2D eigenvalue weighted by Crippen LogP contribution is 2.43. The second kappa shape index (κ2) is 5.83. The van der Waals surface area contributed by atoms with Crippen LogP contribution in [0.3, 0.4) is 0 Å². The van der Waals surface area contributed by atoms with Crippen LogP contribution in [0.1, 0.15) is 11.1 Å². The van der Waals surface area contributed by atoms with Gasteiger partial charge in [-0.3, -0.25) is 4.21 Å². The third-order valence-corrected chi connectivity index (χ3v) is 5.21. The third-order valence-electron chi connectivity index (χ3n) is 4.83. The summed E-state index contributed by atoms with van der Waals surface area (Å²) in [4.78, 5) is 0. The fourth-order valence-electron chi connectivity index (χ4n) is 3.68. The molecule has 1 atom stereocenters. The number of benzene rings is 3. The van der Waals surface area contributed by atoms with E-state index >= 15 is 0 Å². The first-order valence-corrected chi connectivity index (χ1v) is 9.36. The molecule has 1 aliphatic carbocycles. The minimum absolute atomic E-state index is 0.600. The Kier molecular flexibility index (Phi) is 3.45. The topological polar surface area (TPSA) is 65.3 Å². The van der Waals surface area contributed by atoms with Crippen molar-refractivity contribution in [3.63, 3.8) is 0 Å². The van der Waals surface area contributed by atoms with Crippen molar-refractivity contribution in [2.24, 2.45) is 0 Å². The van der Waals surface area contributed by atoms with Crippen molar-refractivity contribution >= 4 is 27.9 Å². The zero-order chi connectivity index (χ0) is 17.7. The van der Waals surface area contributed by atoms with Gasteiger partial charge in [-0.15, -0.1) is 0 Å². The van der Waals surface area contributed by atoms with Gasteiger partial charge in [0.2, 0.25) is 0 Å². The van der Waals surface area contributed by atoms with E-state index in [1.165, 1.54) is 5.56 Å². The van der Waals surface area contributed by atoms with E-state index in [2.05, 4.69) is 22.9 Å². The zero-order valence-corrected chi connectivity index (χ0v) is 14.5. The van der Waals surface area contributed by atoms with Crippen LogP contribution < -0.4 is 4.72 Å². The number of anilines is 1. The van der Waals surface area contributed by atoms with Crippen LogP contribution in [0.2, 0.25) is 0 Å². The molecule has 0 bridgehead atoms. The molecule has 0 saturated heterocycles. The Bertz CT molecular complexity index is 1150. The standard InChI is InChI=1S/C21H15NO3S/c23-26(24)22-19-11-15(21-12-14-6-2-4-8-20(14)25-21)10-17-16-7-3-1-5-13(16)9-18(17)19/h1-8,10-12,22H,9H2,(H,23,24)/p-1. The van der Waals surface area contributed by atoms with Crippen LogP contribution in [0.4, 0.5) is 5.69 Å². The third kappa shape index (κ3) is 2.44. The predicted octanol–water partition coefficient (Wildman–Crippen LogP) is 4.88. The van der Waals surface area contributed by atoms with Gasteiger partial charge in [-0.2, -0.15) is 0 Å². The minimum Gasteiger partial charge on any atom is -0.755 e.